The highest BCUT2D eigenvalue weighted by atomic mass is 16.5. The number of aromatic amines is 1. The molecule has 3 aromatic rings. The molecule has 2 unspecified atom stereocenters. The molecule has 2 atom stereocenters. The molecule has 0 spiro atoms. The number of likely N-dealkylation sites (tertiary alicyclic amines) is 1. The van der Waals surface area contributed by atoms with Crippen LogP contribution in [-0.2, 0) is 6.42 Å². The lowest BCUT2D eigenvalue weighted by molar-refractivity contribution is -0.1000. The second kappa shape index (κ2) is 8.10. The summed E-state index contributed by atoms with van der Waals surface area (Å²) in [5.41, 5.74) is 2.21. The second-order valence-corrected chi connectivity index (χ2v) is 7.64. The van der Waals surface area contributed by atoms with E-state index in [0.29, 0.717) is 0 Å². The Kier molecular flexibility index (Phi) is 5.39. The molecule has 2 aromatic carbocycles. The lowest BCUT2D eigenvalue weighted by Gasteiger charge is -2.46. The fraction of sp³-hybridized carbons (Fsp3) is 0.409. The van der Waals surface area contributed by atoms with Crippen LogP contribution in [0.3, 0.4) is 0 Å². The molecule has 0 radical (unpaired) electrons. The Morgan fingerprint density at radius 1 is 1.11 bits per heavy atom. The highest BCUT2D eigenvalue weighted by Gasteiger charge is 2.41. The quantitative estimate of drug-likeness (QED) is 0.708. The van der Waals surface area contributed by atoms with Gasteiger partial charge in [-0.1, -0.05) is 49.4 Å². The first kappa shape index (κ1) is 18.6. The normalized spacial score (nSPS) is 22.9. The smallest absolute Gasteiger partial charge is 0.161 e. The van der Waals surface area contributed by atoms with Crippen LogP contribution in [0, 0.1) is 0 Å². The molecular formula is C22H27N5O. The SMILES string of the molecule is CCN1CCC(c2nnn[nH]2)CC1(C)Oc1ccc(Cc2ccccc2)cc1. The lowest BCUT2D eigenvalue weighted by Crippen LogP contribution is -2.55. The van der Waals surface area contributed by atoms with Gasteiger partial charge in [-0.2, -0.15) is 0 Å². The standard InChI is InChI=1S/C22H27N5O/c1-3-27-14-13-19(21-23-25-26-24-21)16-22(27,2)28-20-11-9-18(10-12-20)15-17-7-5-4-6-8-17/h4-12,19H,3,13-16H2,1-2H3,(H,23,24,25,26). The minimum absolute atomic E-state index is 0.278. The highest BCUT2D eigenvalue weighted by molar-refractivity contribution is 5.32. The number of nitrogens with zero attached hydrogens (tertiary/aromatic N) is 4. The molecule has 1 aliphatic heterocycles. The summed E-state index contributed by atoms with van der Waals surface area (Å²) in [6.45, 7) is 6.26. The number of rotatable bonds is 6. The number of piperidine rings is 1. The van der Waals surface area contributed by atoms with Crippen molar-refractivity contribution in [2.24, 2.45) is 0 Å². The van der Waals surface area contributed by atoms with Crippen LogP contribution in [0.5, 0.6) is 5.75 Å². The fourth-order valence-electron chi connectivity index (χ4n) is 4.17. The predicted octanol–water partition coefficient (Wildman–Crippen LogP) is 3.79. The molecule has 146 valence electrons. The van der Waals surface area contributed by atoms with Crippen LogP contribution in [0.15, 0.2) is 54.6 Å². The van der Waals surface area contributed by atoms with E-state index in [4.69, 9.17) is 4.74 Å². The van der Waals surface area contributed by atoms with Crippen LogP contribution in [0.25, 0.3) is 0 Å². The van der Waals surface area contributed by atoms with Crippen molar-refractivity contribution < 1.29 is 4.74 Å². The van der Waals surface area contributed by atoms with Gasteiger partial charge in [-0.05, 0) is 60.0 Å². The van der Waals surface area contributed by atoms with Gasteiger partial charge in [0.25, 0.3) is 0 Å². The van der Waals surface area contributed by atoms with Crippen molar-refractivity contribution in [3.8, 4) is 5.75 Å². The molecule has 0 aliphatic carbocycles. The number of aromatic nitrogens is 4. The Labute approximate surface area is 165 Å². The molecule has 1 aromatic heterocycles. The van der Waals surface area contributed by atoms with E-state index in [9.17, 15) is 0 Å². The molecular weight excluding hydrogens is 350 g/mol. The molecule has 0 saturated carbocycles. The molecule has 6 heteroatoms. The van der Waals surface area contributed by atoms with Crippen LogP contribution >= 0.6 is 0 Å². The van der Waals surface area contributed by atoms with Crippen molar-refractivity contribution in [2.75, 3.05) is 13.1 Å². The predicted molar refractivity (Wildman–Crippen MR) is 108 cm³/mol. The Hall–Kier alpha value is -2.73. The van der Waals surface area contributed by atoms with Gasteiger partial charge < -0.3 is 4.74 Å². The maximum atomic E-state index is 6.52. The number of ether oxygens (including phenoxy) is 1. The van der Waals surface area contributed by atoms with E-state index in [1.54, 1.807) is 0 Å². The van der Waals surface area contributed by atoms with Gasteiger partial charge in [0.2, 0.25) is 0 Å². The highest BCUT2D eigenvalue weighted by Crippen LogP contribution is 2.37. The average molecular weight is 377 g/mol. The van der Waals surface area contributed by atoms with E-state index in [0.717, 1.165) is 43.9 Å². The van der Waals surface area contributed by atoms with E-state index in [1.165, 1.54) is 11.1 Å². The molecule has 0 bridgehead atoms. The molecule has 6 nitrogen and oxygen atoms in total. The monoisotopic (exact) mass is 377 g/mol. The van der Waals surface area contributed by atoms with Crippen molar-refractivity contribution in [1.29, 1.82) is 0 Å². The zero-order valence-corrected chi connectivity index (χ0v) is 16.5. The number of H-pyrrole nitrogens is 1. The second-order valence-electron chi connectivity index (χ2n) is 7.64. The number of benzene rings is 2. The summed E-state index contributed by atoms with van der Waals surface area (Å²) in [6.07, 6.45) is 2.81. The Balaban J connectivity index is 1.47. The first-order valence-electron chi connectivity index (χ1n) is 9.97. The summed E-state index contributed by atoms with van der Waals surface area (Å²) in [6, 6.07) is 19.0. The minimum Gasteiger partial charge on any atom is -0.473 e. The van der Waals surface area contributed by atoms with Gasteiger partial charge in [-0.3, -0.25) is 4.90 Å². The average Bonchev–Trinajstić information content (AvgIpc) is 3.25. The van der Waals surface area contributed by atoms with Crippen molar-refractivity contribution in [3.05, 3.63) is 71.5 Å². The van der Waals surface area contributed by atoms with Gasteiger partial charge in [-0.15, -0.1) is 5.10 Å². The number of tetrazole rings is 1. The van der Waals surface area contributed by atoms with Crippen LogP contribution < -0.4 is 4.74 Å². The summed E-state index contributed by atoms with van der Waals surface area (Å²) in [5.74, 6) is 2.03. The first-order chi connectivity index (χ1) is 13.7. The minimum atomic E-state index is -0.384. The lowest BCUT2D eigenvalue weighted by atomic mass is 9.88. The zero-order valence-electron chi connectivity index (χ0n) is 16.5. The molecule has 0 amide bonds. The van der Waals surface area contributed by atoms with Gasteiger partial charge >= 0.3 is 0 Å². The van der Waals surface area contributed by atoms with E-state index in [1.807, 2.05) is 6.07 Å². The maximum absolute atomic E-state index is 6.52. The van der Waals surface area contributed by atoms with Crippen molar-refractivity contribution >= 4 is 0 Å². The summed E-state index contributed by atoms with van der Waals surface area (Å²) < 4.78 is 6.52. The van der Waals surface area contributed by atoms with Crippen molar-refractivity contribution in [1.82, 2.24) is 25.5 Å². The van der Waals surface area contributed by atoms with E-state index in [2.05, 4.69) is 87.9 Å². The Bertz CT molecular complexity index is 866. The van der Waals surface area contributed by atoms with Crippen LogP contribution in [-0.4, -0.2) is 44.3 Å². The van der Waals surface area contributed by atoms with Gasteiger partial charge in [0.1, 0.15) is 5.75 Å². The summed E-state index contributed by atoms with van der Waals surface area (Å²) >= 11 is 0. The van der Waals surface area contributed by atoms with Crippen LogP contribution in [0.1, 0.15) is 49.6 Å². The third kappa shape index (κ3) is 4.07. The third-order valence-corrected chi connectivity index (χ3v) is 5.68. The molecule has 1 fully saturated rings. The van der Waals surface area contributed by atoms with E-state index >= 15 is 0 Å². The maximum Gasteiger partial charge on any atom is 0.161 e. The summed E-state index contributed by atoms with van der Waals surface area (Å²) in [7, 11) is 0. The van der Waals surface area contributed by atoms with Crippen LogP contribution in [0.2, 0.25) is 0 Å². The van der Waals surface area contributed by atoms with Crippen molar-refractivity contribution in [2.45, 2.75) is 44.8 Å². The Morgan fingerprint density at radius 3 is 2.54 bits per heavy atom. The molecule has 1 saturated heterocycles. The largest absolute Gasteiger partial charge is 0.473 e. The first-order valence-corrected chi connectivity index (χ1v) is 9.97. The summed E-state index contributed by atoms with van der Waals surface area (Å²) in [5, 5.41) is 14.5. The van der Waals surface area contributed by atoms with Gasteiger partial charge in [-0.25, -0.2) is 5.10 Å². The molecule has 28 heavy (non-hydrogen) atoms. The van der Waals surface area contributed by atoms with Crippen LogP contribution in [0.4, 0.5) is 0 Å². The molecule has 1 N–H and O–H groups in total. The topological polar surface area (TPSA) is 66.9 Å². The van der Waals surface area contributed by atoms with Gasteiger partial charge in [0, 0.05) is 18.9 Å². The molecule has 2 heterocycles. The third-order valence-electron chi connectivity index (χ3n) is 5.68. The van der Waals surface area contributed by atoms with E-state index < -0.39 is 0 Å². The summed E-state index contributed by atoms with van der Waals surface area (Å²) in [4.78, 5) is 2.39. The zero-order chi connectivity index (χ0) is 19.4. The number of hydrogen-bond donors (Lipinski definition) is 1. The number of hydrogen-bond acceptors (Lipinski definition) is 5. The van der Waals surface area contributed by atoms with E-state index in [-0.39, 0.29) is 11.6 Å². The van der Waals surface area contributed by atoms with Crippen molar-refractivity contribution in [3.63, 3.8) is 0 Å². The Morgan fingerprint density at radius 2 is 1.86 bits per heavy atom. The van der Waals surface area contributed by atoms with Gasteiger partial charge in [0.15, 0.2) is 11.5 Å². The number of nitrogens with one attached hydrogen (secondary N) is 1. The molecule has 1 aliphatic rings. The van der Waals surface area contributed by atoms with Gasteiger partial charge in [0.05, 0.1) is 0 Å². The molecule has 4 rings (SSSR count). The fourth-order valence-corrected chi connectivity index (χ4v) is 4.17.